The first kappa shape index (κ1) is 21.1. The van der Waals surface area contributed by atoms with Gasteiger partial charge in [0.05, 0.1) is 23.4 Å². The van der Waals surface area contributed by atoms with E-state index in [1.807, 2.05) is 20.8 Å². The second-order valence-electron chi connectivity index (χ2n) is 10.4. The first-order valence-electron chi connectivity index (χ1n) is 10.7. The number of esters is 1. The van der Waals surface area contributed by atoms with Gasteiger partial charge < -0.3 is 19.7 Å². The summed E-state index contributed by atoms with van der Waals surface area (Å²) in [5.74, 6) is 0.461. The van der Waals surface area contributed by atoms with E-state index in [0.717, 1.165) is 25.7 Å². The fourth-order valence-electron chi connectivity index (χ4n) is 6.32. The Balaban J connectivity index is 2.12. The van der Waals surface area contributed by atoms with Crippen LogP contribution < -0.4 is 0 Å². The highest BCUT2D eigenvalue weighted by Crippen LogP contribution is 2.58. The van der Waals surface area contributed by atoms with Crippen molar-refractivity contribution in [3.05, 3.63) is 0 Å². The number of aliphatic hydroxyl groups is 2. The van der Waals surface area contributed by atoms with Crippen molar-refractivity contribution in [2.24, 2.45) is 23.7 Å². The van der Waals surface area contributed by atoms with Crippen molar-refractivity contribution in [2.45, 2.75) is 109 Å². The van der Waals surface area contributed by atoms with Crippen LogP contribution in [0.3, 0.4) is 0 Å². The standard InChI is InChI=1S/C22H38O5/c1-13(2)15-9-12-22(6,27-14(3)23)17-16(15)18-20(4,24)10-7-8-11-21(5,25)19(17)26-18/h13,15-19,24-25H,7-12H2,1-6H3/t15-,16-,17+,18-,19+,20-,21-,22-/m1/s1. The highest BCUT2D eigenvalue weighted by molar-refractivity contribution is 5.66. The number of rotatable bonds is 2. The minimum atomic E-state index is -1.00. The molecule has 0 unspecified atom stereocenters. The zero-order valence-corrected chi connectivity index (χ0v) is 17.8. The smallest absolute Gasteiger partial charge is 0.303 e. The van der Waals surface area contributed by atoms with Crippen molar-refractivity contribution >= 4 is 5.97 Å². The maximum absolute atomic E-state index is 11.9. The Kier molecular flexibility index (Phi) is 5.46. The Bertz CT molecular complexity index is 569. The predicted octanol–water partition coefficient (Wildman–Crippen LogP) is 3.45. The Morgan fingerprint density at radius 3 is 2.11 bits per heavy atom. The van der Waals surface area contributed by atoms with Crippen molar-refractivity contribution in [3.63, 3.8) is 0 Å². The molecule has 3 rings (SSSR count). The van der Waals surface area contributed by atoms with Crippen LogP contribution in [-0.4, -0.2) is 45.2 Å². The van der Waals surface area contributed by atoms with Crippen LogP contribution in [0.25, 0.3) is 0 Å². The van der Waals surface area contributed by atoms with Gasteiger partial charge in [-0.15, -0.1) is 0 Å². The molecule has 156 valence electrons. The van der Waals surface area contributed by atoms with Crippen LogP contribution in [-0.2, 0) is 14.3 Å². The maximum atomic E-state index is 11.9. The fourth-order valence-corrected chi connectivity index (χ4v) is 6.32. The Hall–Kier alpha value is -0.650. The third-order valence-corrected chi connectivity index (χ3v) is 7.63. The molecule has 3 aliphatic rings. The summed E-state index contributed by atoms with van der Waals surface area (Å²) >= 11 is 0. The number of hydrogen-bond acceptors (Lipinski definition) is 5. The summed E-state index contributed by atoms with van der Waals surface area (Å²) in [5.41, 5.74) is -2.63. The van der Waals surface area contributed by atoms with Crippen molar-refractivity contribution in [3.8, 4) is 0 Å². The van der Waals surface area contributed by atoms with Crippen molar-refractivity contribution in [2.75, 3.05) is 0 Å². The molecular weight excluding hydrogens is 344 g/mol. The van der Waals surface area contributed by atoms with Crippen LogP contribution in [0.5, 0.6) is 0 Å². The van der Waals surface area contributed by atoms with Crippen LogP contribution in [0.4, 0.5) is 0 Å². The Morgan fingerprint density at radius 1 is 1.04 bits per heavy atom. The molecule has 2 N–H and O–H groups in total. The first-order valence-corrected chi connectivity index (χ1v) is 10.7. The van der Waals surface area contributed by atoms with Crippen LogP contribution in [0, 0.1) is 23.7 Å². The molecule has 2 bridgehead atoms. The first-order chi connectivity index (χ1) is 12.4. The van der Waals surface area contributed by atoms with Gasteiger partial charge in [-0.1, -0.05) is 26.7 Å². The van der Waals surface area contributed by atoms with Crippen LogP contribution in [0.1, 0.15) is 80.1 Å². The topological polar surface area (TPSA) is 76.0 Å². The Labute approximate surface area is 163 Å². The average molecular weight is 383 g/mol. The van der Waals surface area contributed by atoms with Gasteiger partial charge in [0.25, 0.3) is 0 Å². The lowest BCUT2D eigenvalue weighted by atomic mass is 9.56. The average Bonchev–Trinajstić information content (AvgIpc) is 2.94. The molecule has 2 heterocycles. The van der Waals surface area contributed by atoms with E-state index in [2.05, 4.69) is 13.8 Å². The van der Waals surface area contributed by atoms with Gasteiger partial charge in [-0.2, -0.15) is 0 Å². The van der Waals surface area contributed by atoms with Gasteiger partial charge in [0.2, 0.25) is 0 Å². The molecule has 0 spiro atoms. The zero-order valence-electron chi connectivity index (χ0n) is 17.8. The monoisotopic (exact) mass is 382 g/mol. The molecule has 1 aliphatic carbocycles. The lowest BCUT2D eigenvalue weighted by molar-refractivity contribution is -0.185. The molecule has 5 heteroatoms. The molecule has 0 aromatic heterocycles. The number of carbonyl (C=O) groups excluding carboxylic acids is 1. The number of fused-ring (bicyclic) bond motifs is 5. The maximum Gasteiger partial charge on any atom is 0.303 e. The highest BCUT2D eigenvalue weighted by atomic mass is 16.6. The van der Waals surface area contributed by atoms with Crippen molar-refractivity contribution < 1.29 is 24.5 Å². The fraction of sp³-hybridized carbons (Fsp3) is 0.955. The van der Waals surface area contributed by atoms with E-state index >= 15 is 0 Å². The molecule has 27 heavy (non-hydrogen) atoms. The van der Waals surface area contributed by atoms with Gasteiger partial charge in [-0.05, 0) is 58.3 Å². The van der Waals surface area contributed by atoms with Gasteiger partial charge in [-0.3, -0.25) is 4.79 Å². The number of ether oxygens (including phenoxy) is 2. The zero-order chi connectivity index (χ0) is 20.2. The summed E-state index contributed by atoms with van der Waals surface area (Å²) in [4.78, 5) is 11.9. The van der Waals surface area contributed by atoms with E-state index in [0.29, 0.717) is 24.7 Å². The molecule has 2 saturated heterocycles. The molecule has 3 fully saturated rings. The normalized spacial score (nSPS) is 50.5. The summed E-state index contributed by atoms with van der Waals surface area (Å²) in [6, 6.07) is 0. The second kappa shape index (κ2) is 7.00. The second-order valence-corrected chi connectivity index (χ2v) is 10.4. The largest absolute Gasteiger partial charge is 0.459 e. The lowest BCUT2D eigenvalue weighted by Gasteiger charge is -2.51. The summed E-state index contributed by atoms with van der Waals surface area (Å²) < 4.78 is 12.4. The third-order valence-electron chi connectivity index (χ3n) is 7.63. The van der Waals surface area contributed by atoms with Gasteiger partial charge in [0.1, 0.15) is 5.60 Å². The van der Waals surface area contributed by atoms with E-state index in [1.165, 1.54) is 6.92 Å². The minimum absolute atomic E-state index is 0.0627. The molecule has 5 nitrogen and oxygen atoms in total. The molecule has 0 aromatic carbocycles. The molecule has 1 saturated carbocycles. The SMILES string of the molecule is CC(=O)O[C@]1(C)CC[C@H](C(C)C)[C@@H]2[C@H]1[C@@H]1O[C@H]2[C@](C)(O)CCCC[C@@]1(C)O. The number of carbonyl (C=O) groups is 1. The van der Waals surface area contributed by atoms with Gasteiger partial charge in [0.15, 0.2) is 0 Å². The molecule has 2 aliphatic heterocycles. The van der Waals surface area contributed by atoms with Crippen molar-refractivity contribution in [1.29, 1.82) is 0 Å². The lowest BCUT2D eigenvalue weighted by Crippen LogP contribution is -2.58. The van der Waals surface area contributed by atoms with E-state index < -0.39 is 22.9 Å². The molecule has 8 atom stereocenters. The van der Waals surface area contributed by atoms with Gasteiger partial charge >= 0.3 is 5.97 Å². The Morgan fingerprint density at radius 2 is 1.59 bits per heavy atom. The molecule has 0 radical (unpaired) electrons. The van der Waals surface area contributed by atoms with Gasteiger partial charge in [0, 0.05) is 18.8 Å². The summed E-state index contributed by atoms with van der Waals surface area (Å²) in [7, 11) is 0. The van der Waals surface area contributed by atoms with Crippen molar-refractivity contribution in [1.82, 2.24) is 0 Å². The van der Waals surface area contributed by atoms with Gasteiger partial charge in [-0.25, -0.2) is 0 Å². The van der Waals surface area contributed by atoms with Crippen LogP contribution >= 0.6 is 0 Å². The van der Waals surface area contributed by atoms with Crippen LogP contribution in [0.15, 0.2) is 0 Å². The van der Waals surface area contributed by atoms with E-state index in [-0.39, 0.29) is 23.9 Å². The summed E-state index contributed by atoms with van der Waals surface area (Å²) in [6.07, 6.45) is 3.94. The van der Waals surface area contributed by atoms with E-state index in [4.69, 9.17) is 9.47 Å². The van der Waals surface area contributed by atoms with E-state index in [1.54, 1.807) is 0 Å². The van der Waals surface area contributed by atoms with Crippen LogP contribution in [0.2, 0.25) is 0 Å². The molecule has 0 amide bonds. The quantitative estimate of drug-likeness (QED) is 0.716. The summed E-state index contributed by atoms with van der Waals surface area (Å²) in [6.45, 7) is 11.6. The number of hydrogen-bond donors (Lipinski definition) is 2. The molecular formula is C22H38O5. The summed E-state index contributed by atoms with van der Waals surface area (Å²) in [5, 5.41) is 22.7. The predicted molar refractivity (Wildman–Crippen MR) is 103 cm³/mol. The van der Waals surface area contributed by atoms with E-state index in [9.17, 15) is 15.0 Å². The highest BCUT2D eigenvalue weighted by Gasteiger charge is 2.66. The molecule has 0 aromatic rings. The third kappa shape index (κ3) is 3.67. The minimum Gasteiger partial charge on any atom is -0.459 e.